The van der Waals surface area contributed by atoms with Crippen LogP contribution in [0.15, 0.2) is 30.4 Å². The summed E-state index contributed by atoms with van der Waals surface area (Å²) in [5.74, 6) is -0.116. The molecule has 2 heteroatoms. The number of halogens is 1. The van der Waals surface area contributed by atoms with E-state index in [1.807, 2.05) is 13.0 Å². The van der Waals surface area contributed by atoms with Gasteiger partial charge in [0.05, 0.1) is 6.61 Å². The van der Waals surface area contributed by atoms with E-state index in [0.29, 0.717) is 12.4 Å². The summed E-state index contributed by atoms with van der Waals surface area (Å²) in [5.41, 5.74) is 0. The predicted molar refractivity (Wildman–Crippen MR) is 59.4 cm³/mol. The summed E-state index contributed by atoms with van der Waals surface area (Å²) < 4.78 is 18.3. The van der Waals surface area contributed by atoms with Gasteiger partial charge in [0.2, 0.25) is 0 Å². The zero-order chi connectivity index (χ0) is 10.9. The van der Waals surface area contributed by atoms with Crippen LogP contribution < -0.4 is 4.74 Å². The molecule has 0 saturated heterocycles. The number of benzene rings is 1. The maximum Gasteiger partial charge on any atom is 0.172 e. The molecule has 0 unspecified atom stereocenters. The summed E-state index contributed by atoms with van der Waals surface area (Å²) in [6, 6.07) is 7.34. The van der Waals surface area contributed by atoms with Gasteiger partial charge in [0.1, 0.15) is 0 Å². The number of ether oxygens (including phenoxy) is 1. The van der Waals surface area contributed by atoms with Crippen molar-refractivity contribution in [1.82, 2.24) is 0 Å². The standard InChI is InChI=1S/C13H16FO/c1-2-3-4-5-8-11-15-13-10-7-6-9-12(13)14/h2-3,6-7,10H,4-5,8,11H2,1H3. The van der Waals surface area contributed by atoms with Crippen molar-refractivity contribution in [3.8, 4) is 5.75 Å². The van der Waals surface area contributed by atoms with E-state index >= 15 is 0 Å². The second-order valence-electron chi connectivity index (χ2n) is 3.26. The van der Waals surface area contributed by atoms with Crippen molar-refractivity contribution in [1.29, 1.82) is 0 Å². The molecule has 1 nitrogen and oxygen atoms in total. The molecular formula is C13H16FO. The fourth-order valence-corrected chi connectivity index (χ4v) is 1.23. The van der Waals surface area contributed by atoms with Crippen LogP contribution in [0, 0.1) is 11.9 Å². The van der Waals surface area contributed by atoms with Gasteiger partial charge in [-0.3, -0.25) is 0 Å². The Morgan fingerprint density at radius 1 is 1.47 bits per heavy atom. The van der Waals surface area contributed by atoms with Crippen LogP contribution in [0.3, 0.4) is 0 Å². The Kier molecular flexibility index (Phi) is 5.52. The number of hydrogen-bond acceptors (Lipinski definition) is 1. The first kappa shape index (κ1) is 11.8. The van der Waals surface area contributed by atoms with Crippen molar-refractivity contribution in [2.24, 2.45) is 0 Å². The Bertz CT molecular complexity index is 307. The van der Waals surface area contributed by atoms with Gasteiger partial charge >= 0.3 is 0 Å². The highest BCUT2D eigenvalue weighted by atomic mass is 19.1. The highest BCUT2D eigenvalue weighted by molar-refractivity contribution is 5.22. The van der Waals surface area contributed by atoms with Crippen LogP contribution in [0.5, 0.6) is 5.75 Å². The number of rotatable bonds is 6. The van der Waals surface area contributed by atoms with Crippen molar-refractivity contribution in [2.45, 2.75) is 26.2 Å². The van der Waals surface area contributed by atoms with Gasteiger partial charge in [-0.15, -0.1) is 0 Å². The Morgan fingerprint density at radius 2 is 2.33 bits per heavy atom. The highest BCUT2D eigenvalue weighted by Crippen LogP contribution is 2.15. The molecule has 0 heterocycles. The van der Waals surface area contributed by atoms with E-state index in [-0.39, 0.29) is 0 Å². The summed E-state index contributed by atoms with van der Waals surface area (Å²) >= 11 is 0. The fraction of sp³-hybridized carbons (Fsp3) is 0.385. The van der Waals surface area contributed by atoms with E-state index in [9.17, 15) is 4.39 Å². The Hall–Kier alpha value is -1.31. The third-order valence-electron chi connectivity index (χ3n) is 2.03. The van der Waals surface area contributed by atoms with E-state index in [4.69, 9.17) is 4.74 Å². The molecule has 0 N–H and O–H groups in total. The summed E-state index contributed by atoms with van der Waals surface area (Å²) in [4.78, 5) is 0. The van der Waals surface area contributed by atoms with Crippen LogP contribution in [0.4, 0.5) is 4.39 Å². The topological polar surface area (TPSA) is 9.23 Å². The molecule has 0 spiro atoms. The zero-order valence-electron chi connectivity index (χ0n) is 9.00. The van der Waals surface area contributed by atoms with Crippen LogP contribution in [-0.2, 0) is 0 Å². The number of hydrogen-bond donors (Lipinski definition) is 0. The first-order valence-corrected chi connectivity index (χ1v) is 5.24. The zero-order valence-corrected chi connectivity index (χ0v) is 9.00. The normalized spacial score (nSPS) is 10.8. The van der Waals surface area contributed by atoms with Crippen molar-refractivity contribution >= 4 is 0 Å². The largest absolute Gasteiger partial charge is 0.490 e. The molecule has 0 aliphatic carbocycles. The molecule has 1 rings (SSSR count). The van der Waals surface area contributed by atoms with Gasteiger partial charge in [0, 0.05) is 6.07 Å². The van der Waals surface area contributed by atoms with Crippen LogP contribution in [0.2, 0.25) is 0 Å². The molecule has 0 aromatic heterocycles. The van der Waals surface area contributed by atoms with Gasteiger partial charge in [-0.1, -0.05) is 24.3 Å². The van der Waals surface area contributed by atoms with Crippen LogP contribution in [0.25, 0.3) is 0 Å². The Balaban J connectivity index is 2.18. The molecule has 1 radical (unpaired) electrons. The van der Waals surface area contributed by atoms with Crippen molar-refractivity contribution in [3.63, 3.8) is 0 Å². The van der Waals surface area contributed by atoms with Gasteiger partial charge in [-0.25, -0.2) is 4.39 Å². The lowest BCUT2D eigenvalue weighted by molar-refractivity contribution is 0.292. The minimum atomic E-state index is -0.411. The summed E-state index contributed by atoms with van der Waals surface area (Å²) in [7, 11) is 0. The lowest BCUT2D eigenvalue weighted by Gasteiger charge is -2.05. The number of allylic oxidation sites excluding steroid dienone is 2. The minimum Gasteiger partial charge on any atom is -0.490 e. The lowest BCUT2D eigenvalue weighted by atomic mass is 10.2. The molecule has 0 aliphatic heterocycles. The Labute approximate surface area is 90.6 Å². The number of unbranched alkanes of at least 4 members (excludes halogenated alkanes) is 2. The molecule has 0 amide bonds. The molecule has 1 aromatic carbocycles. The molecule has 0 fully saturated rings. The summed E-state index contributed by atoms with van der Waals surface area (Å²) in [6.07, 6.45) is 7.23. The minimum absolute atomic E-state index is 0.295. The first-order chi connectivity index (χ1) is 7.34. The highest BCUT2D eigenvalue weighted by Gasteiger charge is 2.00. The van der Waals surface area contributed by atoms with Crippen molar-refractivity contribution < 1.29 is 9.13 Å². The smallest absolute Gasteiger partial charge is 0.172 e. The van der Waals surface area contributed by atoms with Crippen LogP contribution in [-0.4, -0.2) is 6.61 Å². The summed E-state index contributed by atoms with van der Waals surface area (Å²) in [6.45, 7) is 2.57. The molecular weight excluding hydrogens is 191 g/mol. The van der Waals surface area contributed by atoms with Crippen LogP contribution >= 0.6 is 0 Å². The Morgan fingerprint density at radius 3 is 3.07 bits per heavy atom. The molecule has 1 aromatic rings. The van der Waals surface area contributed by atoms with E-state index in [1.165, 1.54) is 6.07 Å². The van der Waals surface area contributed by atoms with Gasteiger partial charge in [-0.05, 0) is 32.3 Å². The van der Waals surface area contributed by atoms with E-state index in [0.717, 1.165) is 19.3 Å². The summed E-state index contributed by atoms with van der Waals surface area (Å²) in [5, 5.41) is 0. The molecule has 0 aliphatic rings. The third kappa shape index (κ3) is 4.63. The van der Waals surface area contributed by atoms with Crippen molar-refractivity contribution in [2.75, 3.05) is 6.61 Å². The monoisotopic (exact) mass is 207 g/mol. The van der Waals surface area contributed by atoms with E-state index in [2.05, 4.69) is 12.1 Å². The van der Waals surface area contributed by atoms with E-state index < -0.39 is 5.82 Å². The van der Waals surface area contributed by atoms with Crippen LogP contribution in [0.1, 0.15) is 26.2 Å². The second-order valence-corrected chi connectivity index (χ2v) is 3.26. The lowest BCUT2D eigenvalue weighted by Crippen LogP contribution is -1.98. The van der Waals surface area contributed by atoms with Crippen molar-refractivity contribution in [3.05, 3.63) is 42.2 Å². The van der Waals surface area contributed by atoms with Gasteiger partial charge < -0.3 is 4.74 Å². The fourth-order valence-electron chi connectivity index (χ4n) is 1.23. The molecule has 15 heavy (non-hydrogen) atoms. The molecule has 0 saturated carbocycles. The quantitative estimate of drug-likeness (QED) is 0.510. The SMILES string of the molecule is CC=CCCCCOc1ccc[c]c1F. The molecule has 81 valence electrons. The average molecular weight is 207 g/mol. The van der Waals surface area contributed by atoms with Gasteiger partial charge in [-0.2, -0.15) is 0 Å². The average Bonchev–Trinajstić information content (AvgIpc) is 2.25. The maximum absolute atomic E-state index is 13.0. The first-order valence-electron chi connectivity index (χ1n) is 5.24. The third-order valence-corrected chi connectivity index (χ3v) is 2.03. The predicted octanol–water partition coefficient (Wildman–Crippen LogP) is 3.75. The second kappa shape index (κ2) is 7.04. The molecule has 0 atom stereocenters. The van der Waals surface area contributed by atoms with Gasteiger partial charge in [0.15, 0.2) is 11.6 Å². The molecule has 0 bridgehead atoms. The van der Waals surface area contributed by atoms with E-state index in [1.54, 1.807) is 12.1 Å². The van der Waals surface area contributed by atoms with Gasteiger partial charge in [0.25, 0.3) is 0 Å². The maximum atomic E-state index is 13.0.